The maximum absolute atomic E-state index is 14.7. The molecule has 11 heteroatoms. The quantitative estimate of drug-likeness (QED) is 0.243. The van der Waals surface area contributed by atoms with Crippen LogP contribution in [0.25, 0.3) is 0 Å². The summed E-state index contributed by atoms with van der Waals surface area (Å²) in [6, 6.07) is 9.37. The number of imide groups is 2. The molecule has 2 saturated heterocycles. The van der Waals surface area contributed by atoms with Crippen LogP contribution in [0.4, 0.5) is 20.6 Å². The van der Waals surface area contributed by atoms with Crippen LogP contribution >= 0.6 is 0 Å². The Labute approximate surface area is 216 Å². The molecule has 0 aromatic heterocycles. The molecule has 2 N–H and O–H groups in total. The van der Waals surface area contributed by atoms with Crippen molar-refractivity contribution in [2.75, 3.05) is 16.3 Å². The number of piperidine rings is 1. The molecule has 2 fully saturated rings. The first-order valence-electron chi connectivity index (χ1n) is 11.5. The number of amides is 6. The molecule has 188 valence electrons. The van der Waals surface area contributed by atoms with Crippen molar-refractivity contribution in [2.24, 2.45) is 0 Å². The monoisotopic (exact) mass is 605 g/mol. The Morgan fingerprint density at radius 3 is 2.28 bits per heavy atom. The minimum atomic E-state index is -0.663. The van der Waals surface area contributed by atoms with Crippen LogP contribution in [-0.4, -0.2) is 42.2 Å². The fourth-order valence-electron chi connectivity index (χ4n) is 4.66. The van der Waals surface area contributed by atoms with Crippen LogP contribution in [0.1, 0.15) is 36.0 Å². The van der Waals surface area contributed by atoms with Crippen LogP contribution in [0.3, 0.4) is 0 Å². The summed E-state index contributed by atoms with van der Waals surface area (Å²) in [4.78, 5) is 62.4. The Hall–Kier alpha value is -3.35. The molecule has 3 heterocycles. The van der Waals surface area contributed by atoms with E-state index in [1.807, 2.05) is 18.2 Å². The molecule has 0 aliphatic carbocycles. The number of nitrogens with one attached hydrogen (secondary N) is 2. The number of carbonyl (C=O) groups is 5. The number of anilines is 2. The zero-order chi connectivity index (χ0) is 25.4. The molecule has 0 radical (unpaired) electrons. The van der Waals surface area contributed by atoms with E-state index < -0.39 is 23.8 Å². The number of benzene rings is 2. The summed E-state index contributed by atoms with van der Waals surface area (Å²) >= 11 is -0.346. The standard InChI is InChI=1S/C25H23FIN4O5/c26-17-10-15(2-4-19(17)30-8-7-22(33)29-25(30)36)13-27-12-14-1-3-18-16(9-14)11-23(34)31(18)20-5-6-21(32)28-24(20)35/h1-4,9-10,20H,5-8,11-13H2,(H,28,32,35)(H,29,33,36)/q-1. The van der Waals surface area contributed by atoms with Gasteiger partial charge in [0.1, 0.15) is 0 Å². The number of urea groups is 1. The fourth-order valence-corrected chi connectivity index (χ4v) is 7.13. The fraction of sp³-hybridized carbons (Fsp3) is 0.320. The van der Waals surface area contributed by atoms with Gasteiger partial charge in [-0.05, 0) is 0 Å². The Morgan fingerprint density at radius 2 is 1.58 bits per heavy atom. The van der Waals surface area contributed by atoms with Crippen molar-refractivity contribution >= 4 is 41.0 Å². The number of nitrogens with zero attached hydrogens (tertiary/aromatic N) is 2. The van der Waals surface area contributed by atoms with Gasteiger partial charge < -0.3 is 0 Å². The van der Waals surface area contributed by atoms with Gasteiger partial charge in [-0.25, -0.2) is 0 Å². The van der Waals surface area contributed by atoms with E-state index in [1.54, 1.807) is 12.1 Å². The molecule has 0 bridgehead atoms. The molecule has 1 atom stereocenters. The molecular formula is C25H23FIN4O5-. The Bertz CT molecular complexity index is 1300. The van der Waals surface area contributed by atoms with E-state index in [-0.39, 0.29) is 70.4 Å². The third-order valence-electron chi connectivity index (χ3n) is 6.39. The van der Waals surface area contributed by atoms with E-state index in [9.17, 15) is 28.4 Å². The number of alkyl halides is 2. The van der Waals surface area contributed by atoms with Crippen LogP contribution in [0.2, 0.25) is 0 Å². The van der Waals surface area contributed by atoms with Crippen molar-refractivity contribution in [1.29, 1.82) is 0 Å². The molecule has 9 nitrogen and oxygen atoms in total. The van der Waals surface area contributed by atoms with E-state index in [2.05, 4.69) is 10.6 Å². The van der Waals surface area contributed by atoms with Crippen LogP contribution in [0, 0.1) is 5.82 Å². The van der Waals surface area contributed by atoms with Gasteiger partial charge in [0.05, 0.1) is 0 Å². The Kier molecular flexibility index (Phi) is 6.73. The van der Waals surface area contributed by atoms with Crippen LogP contribution < -0.4 is 41.6 Å². The average Bonchev–Trinajstić information content (AvgIpc) is 3.15. The number of halogens is 2. The zero-order valence-corrected chi connectivity index (χ0v) is 21.3. The first-order valence-corrected chi connectivity index (χ1v) is 14.6. The predicted octanol–water partition coefficient (Wildman–Crippen LogP) is -1.24. The molecule has 2 aromatic rings. The third kappa shape index (κ3) is 4.84. The summed E-state index contributed by atoms with van der Waals surface area (Å²) in [5.41, 5.74) is 3.69. The summed E-state index contributed by atoms with van der Waals surface area (Å²) < 4.78 is 16.3. The molecule has 0 spiro atoms. The first-order chi connectivity index (χ1) is 17.3. The van der Waals surface area contributed by atoms with Gasteiger partial charge in [-0.15, -0.1) is 0 Å². The van der Waals surface area contributed by atoms with E-state index >= 15 is 0 Å². The van der Waals surface area contributed by atoms with Crippen molar-refractivity contribution in [3.63, 3.8) is 0 Å². The molecule has 2 aromatic carbocycles. The second-order valence-electron chi connectivity index (χ2n) is 8.87. The van der Waals surface area contributed by atoms with Crippen LogP contribution in [0.5, 0.6) is 0 Å². The first kappa shape index (κ1) is 24.3. The van der Waals surface area contributed by atoms with E-state index in [0.29, 0.717) is 6.42 Å². The molecule has 0 saturated carbocycles. The number of hydrogen-bond donors (Lipinski definition) is 2. The van der Waals surface area contributed by atoms with Crippen molar-refractivity contribution in [3.05, 3.63) is 58.9 Å². The van der Waals surface area contributed by atoms with Crippen molar-refractivity contribution in [3.8, 4) is 0 Å². The van der Waals surface area contributed by atoms with Gasteiger partial charge in [0.25, 0.3) is 0 Å². The summed E-state index contributed by atoms with van der Waals surface area (Å²) in [5, 5.41) is 4.51. The van der Waals surface area contributed by atoms with Gasteiger partial charge in [0.15, 0.2) is 0 Å². The van der Waals surface area contributed by atoms with Gasteiger partial charge in [0.2, 0.25) is 0 Å². The topological polar surface area (TPSA) is 116 Å². The normalized spacial score (nSPS) is 20.0. The summed E-state index contributed by atoms with van der Waals surface area (Å²) in [6.07, 6.45) is 0.890. The Morgan fingerprint density at radius 1 is 0.889 bits per heavy atom. The molecule has 36 heavy (non-hydrogen) atoms. The van der Waals surface area contributed by atoms with Crippen molar-refractivity contribution in [1.82, 2.24) is 10.6 Å². The van der Waals surface area contributed by atoms with Gasteiger partial charge in [-0.1, -0.05) is 0 Å². The average molecular weight is 605 g/mol. The number of hydrogen-bond acceptors (Lipinski definition) is 5. The second kappa shape index (κ2) is 9.96. The molecule has 3 aliphatic heterocycles. The van der Waals surface area contributed by atoms with Gasteiger partial charge in [-0.2, -0.15) is 0 Å². The molecule has 5 rings (SSSR count). The number of carbonyl (C=O) groups excluding carboxylic acids is 5. The zero-order valence-electron chi connectivity index (χ0n) is 19.2. The summed E-state index contributed by atoms with van der Waals surface area (Å²) in [6.45, 7) is 0.148. The molecule has 1 unspecified atom stereocenters. The molecular weight excluding hydrogens is 582 g/mol. The van der Waals surface area contributed by atoms with E-state index in [4.69, 9.17) is 0 Å². The van der Waals surface area contributed by atoms with E-state index in [0.717, 1.165) is 31.2 Å². The van der Waals surface area contributed by atoms with Crippen LogP contribution in [0.15, 0.2) is 36.4 Å². The summed E-state index contributed by atoms with van der Waals surface area (Å²) in [7, 11) is 0. The number of rotatable bonds is 6. The molecule has 3 aliphatic rings. The van der Waals surface area contributed by atoms with Gasteiger partial charge in [0, 0.05) is 0 Å². The minimum absolute atomic E-state index is 0.135. The van der Waals surface area contributed by atoms with Crippen LogP contribution in [-0.2, 0) is 34.5 Å². The third-order valence-corrected chi connectivity index (χ3v) is 9.23. The van der Waals surface area contributed by atoms with Crippen molar-refractivity contribution in [2.45, 2.75) is 40.6 Å². The SMILES string of the molecule is O=C1CCC(N2C(=O)Cc3cc(C[I-]Cc4ccc(N5CCC(=O)NC5=O)c(F)c4)ccc32)C(=O)N1. The van der Waals surface area contributed by atoms with E-state index in [1.165, 1.54) is 15.9 Å². The van der Waals surface area contributed by atoms with Gasteiger partial charge >= 0.3 is 217 Å². The van der Waals surface area contributed by atoms with Crippen molar-refractivity contribution < 1.29 is 49.6 Å². The Balaban J connectivity index is 1.20. The van der Waals surface area contributed by atoms with Gasteiger partial charge in [-0.3, -0.25) is 0 Å². The maximum atomic E-state index is 14.7. The number of fused-ring (bicyclic) bond motifs is 1. The predicted molar refractivity (Wildman–Crippen MR) is 123 cm³/mol. The molecule has 6 amide bonds. The second-order valence-corrected chi connectivity index (χ2v) is 11.5. The summed E-state index contributed by atoms with van der Waals surface area (Å²) in [5.74, 6) is -1.75.